The summed E-state index contributed by atoms with van der Waals surface area (Å²) in [6.45, 7) is 10.4. The van der Waals surface area contributed by atoms with Gasteiger partial charge in [0.15, 0.2) is 0 Å². The van der Waals surface area contributed by atoms with Crippen LogP contribution < -0.4 is 5.32 Å². The van der Waals surface area contributed by atoms with Gasteiger partial charge in [-0.25, -0.2) is 0 Å². The molecule has 0 spiro atoms. The van der Waals surface area contributed by atoms with Crippen molar-refractivity contribution < 1.29 is 9.53 Å². The van der Waals surface area contributed by atoms with Crippen molar-refractivity contribution in [3.63, 3.8) is 0 Å². The van der Waals surface area contributed by atoms with Crippen LogP contribution >= 0.6 is 12.4 Å². The van der Waals surface area contributed by atoms with Crippen LogP contribution in [0.5, 0.6) is 0 Å². The number of carbonyl (C=O) groups excluding carboxylic acids is 1. The van der Waals surface area contributed by atoms with Gasteiger partial charge in [0, 0.05) is 25.7 Å². The van der Waals surface area contributed by atoms with E-state index in [-0.39, 0.29) is 18.5 Å². The number of hydrogen-bond acceptors (Lipinski definition) is 3. The Bertz CT molecular complexity index is 396. The Hall–Kier alpha value is -0.320. The van der Waals surface area contributed by atoms with E-state index in [0.717, 1.165) is 32.7 Å². The molecule has 122 valence electrons. The van der Waals surface area contributed by atoms with E-state index in [1.165, 1.54) is 12.8 Å². The fourth-order valence-electron chi connectivity index (χ4n) is 4.81. The lowest BCUT2D eigenvalue weighted by molar-refractivity contribution is -0.135. The first-order valence-electron chi connectivity index (χ1n) is 7.99. The summed E-state index contributed by atoms with van der Waals surface area (Å²) in [5, 5.41) is 3.30. The number of ether oxygens (including phenoxy) is 1. The summed E-state index contributed by atoms with van der Waals surface area (Å²) in [6, 6.07) is 0.452. The van der Waals surface area contributed by atoms with Gasteiger partial charge in [0.25, 0.3) is 0 Å². The Morgan fingerprint density at radius 2 is 2.10 bits per heavy atom. The zero-order valence-corrected chi connectivity index (χ0v) is 14.3. The molecule has 3 atom stereocenters. The lowest BCUT2D eigenvalue weighted by Gasteiger charge is -2.39. The van der Waals surface area contributed by atoms with Gasteiger partial charge in [-0.2, -0.15) is 0 Å². The molecule has 2 saturated heterocycles. The second-order valence-corrected chi connectivity index (χ2v) is 8.14. The quantitative estimate of drug-likeness (QED) is 0.849. The van der Waals surface area contributed by atoms with Crippen molar-refractivity contribution >= 4 is 18.3 Å². The molecule has 2 aliphatic heterocycles. The number of carbonyl (C=O) groups is 1. The van der Waals surface area contributed by atoms with Crippen LogP contribution in [0.1, 0.15) is 46.5 Å². The molecular weight excluding hydrogens is 288 g/mol. The van der Waals surface area contributed by atoms with Crippen LogP contribution in [0, 0.1) is 10.8 Å². The van der Waals surface area contributed by atoms with Gasteiger partial charge >= 0.3 is 0 Å². The molecule has 3 rings (SSSR count). The van der Waals surface area contributed by atoms with E-state index in [9.17, 15) is 4.79 Å². The summed E-state index contributed by atoms with van der Waals surface area (Å²) < 4.78 is 5.68. The molecule has 1 N–H and O–H groups in total. The SMILES string of the molecule is CC1(C)CC2CC(C)(CN2C(=O)CC2CNCCO2)C1.Cl. The standard InChI is InChI=1S/C16H28N2O2.ClH/c1-15(2)7-12-8-16(3,10-15)11-18(12)14(19)6-13-9-17-4-5-20-13;/h12-13,17H,4-11H2,1-3H3;1H. The number of likely N-dealkylation sites (tertiary alicyclic amines) is 1. The fourth-order valence-corrected chi connectivity index (χ4v) is 4.81. The Morgan fingerprint density at radius 3 is 2.76 bits per heavy atom. The summed E-state index contributed by atoms with van der Waals surface area (Å²) in [7, 11) is 0. The molecule has 4 nitrogen and oxygen atoms in total. The first-order valence-corrected chi connectivity index (χ1v) is 7.99. The average Bonchev–Trinajstić information content (AvgIpc) is 2.60. The smallest absolute Gasteiger partial charge is 0.225 e. The van der Waals surface area contributed by atoms with E-state index in [4.69, 9.17) is 4.74 Å². The minimum Gasteiger partial charge on any atom is -0.375 e. The Balaban J connectivity index is 0.00000161. The number of rotatable bonds is 2. The molecule has 2 heterocycles. The highest BCUT2D eigenvalue weighted by molar-refractivity contribution is 5.85. The third kappa shape index (κ3) is 3.72. The fraction of sp³-hybridized carbons (Fsp3) is 0.938. The summed E-state index contributed by atoms with van der Waals surface area (Å²) in [4.78, 5) is 14.8. The second-order valence-electron chi connectivity index (χ2n) is 8.14. The third-order valence-electron chi connectivity index (χ3n) is 5.14. The van der Waals surface area contributed by atoms with Crippen LogP contribution in [0.15, 0.2) is 0 Å². The molecule has 3 fully saturated rings. The minimum absolute atomic E-state index is 0. The third-order valence-corrected chi connectivity index (χ3v) is 5.14. The topological polar surface area (TPSA) is 41.6 Å². The van der Waals surface area contributed by atoms with Gasteiger partial charge in [0.05, 0.1) is 19.1 Å². The van der Waals surface area contributed by atoms with Gasteiger partial charge < -0.3 is 15.0 Å². The van der Waals surface area contributed by atoms with E-state index in [2.05, 4.69) is 31.0 Å². The van der Waals surface area contributed by atoms with Crippen molar-refractivity contribution in [1.29, 1.82) is 0 Å². The van der Waals surface area contributed by atoms with Gasteiger partial charge in [0.1, 0.15) is 0 Å². The van der Waals surface area contributed by atoms with Crippen LogP contribution in [0.2, 0.25) is 0 Å². The minimum atomic E-state index is 0. The Morgan fingerprint density at radius 1 is 1.33 bits per heavy atom. The zero-order chi connectivity index (χ0) is 14.4. The molecule has 0 aromatic carbocycles. The average molecular weight is 317 g/mol. The molecule has 0 aromatic rings. The molecular formula is C16H29ClN2O2. The largest absolute Gasteiger partial charge is 0.375 e. The van der Waals surface area contributed by atoms with Crippen LogP contribution in [0.4, 0.5) is 0 Å². The first-order chi connectivity index (χ1) is 9.37. The molecule has 0 radical (unpaired) electrons. The van der Waals surface area contributed by atoms with Crippen LogP contribution in [0.25, 0.3) is 0 Å². The van der Waals surface area contributed by atoms with E-state index in [1.54, 1.807) is 0 Å². The number of halogens is 1. The van der Waals surface area contributed by atoms with Crippen molar-refractivity contribution in [2.45, 2.75) is 58.6 Å². The molecule has 3 aliphatic rings. The van der Waals surface area contributed by atoms with Crippen LogP contribution in [-0.2, 0) is 9.53 Å². The van der Waals surface area contributed by atoms with Crippen LogP contribution in [-0.4, -0.2) is 49.2 Å². The predicted octanol–water partition coefficient (Wildman–Crippen LogP) is 2.21. The Kier molecular flexibility index (Phi) is 4.91. The summed E-state index contributed by atoms with van der Waals surface area (Å²) >= 11 is 0. The van der Waals surface area contributed by atoms with E-state index in [0.29, 0.717) is 29.2 Å². The highest BCUT2D eigenvalue weighted by Crippen LogP contribution is 2.52. The maximum Gasteiger partial charge on any atom is 0.225 e. The number of nitrogens with zero attached hydrogens (tertiary/aromatic N) is 1. The molecule has 1 amide bonds. The molecule has 21 heavy (non-hydrogen) atoms. The molecule has 1 aliphatic carbocycles. The molecule has 0 aromatic heterocycles. The maximum atomic E-state index is 12.6. The van der Waals surface area contributed by atoms with Gasteiger partial charge in [-0.1, -0.05) is 20.8 Å². The highest BCUT2D eigenvalue weighted by atomic mass is 35.5. The first kappa shape index (κ1) is 17.0. The van der Waals surface area contributed by atoms with Gasteiger partial charge in [-0.3, -0.25) is 4.79 Å². The van der Waals surface area contributed by atoms with E-state index in [1.807, 2.05) is 0 Å². The van der Waals surface area contributed by atoms with Gasteiger partial charge in [-0.15, -0.1) is 12.4 Å². The maximum absolute atomic E-state index is 12.6. The lowest BCUT2D eigenvalue weighted by Crippen LogP contribution is -2.44. The molecule has 2 bridgehead atoms. The van der Waals surface area contributed by atoms with Crippen molar-refractivity contribution in [2.24, 2.45) is 10.8 Å². The van der Waals surface area contributed by atoms with Crippen LogP contribution in [0.3, 0.4) is 0 Å². The van der Waals surface area contributed by atoms with Gasteiger partial charge in [0.2, 0.25) is 5.91 Å². The summed E-state index contributed by atoms with van der Waals surface area (Å²) in [6.07, 6.45) is 4.18. The number of morpholine rings is 1. The van der Waals surface area contributed by atoms with Crippen molar-refractivity contribution in [1.82, 2.24) is 10.2 Å². The van der Waals surface area contributed by atoms with Crippen molar-refractivity contribution in [3.05, 3.63) is 0 Å². The van der Waals surface area contributed by atoms with Gasteiger partial charge in [-0.05, 0) is 30.1 Å². The second kappa shape index (κ2) is 6.05. The monoisotopic (exact) mass is 316 g/mol. The predicted molar refractivity (Wildman–Crippen MR) is 85.7 cm³/mol. The lowest BCUT2D eigenvalue weighted by atomic mass is 9.65. The number of amides is 1. The number of hydrogen-bond donors (Lipinski definition) is 1. The Labute approximate surface area is 134 Å². The summed E-state index contributed by atoms with van der Waals surface area (Å²) in [5.41, 5.74) is 0.698. The normalized spacial score (nSPS) is 38.0. The van der Waals surface area contributed by atoms with E-state index >= 15 is 0 Å². The number of fused-ring (bicyclic) bond motifs is 2. The highest BCUT2D eigenvalue weighted by Gasteiger charge is 2.50. The van der Waals surface area contributed by atoms with Crippen molar-refractivity contribution in [3.8, 4) is 0 Å². The molecule has 1 saturated carbocycles. The molecule has 5 heteroatoms. The van der Waals surface area contributed by atoms with Crippen molar-refractivity contribution in [2.75, 3.05) is 26.2 Å². The zero-order valence-electron chi connectivity index (χ0n) is 13.5. The number of nitrogens with one attached hydrogen (secondary N) is 1. The molecule has 3 unspecified atom stereocenters. The van der Waals surface area contributed by atoms with E-state index < -0.39 is 0 Å². The summed E-state index contributed by atoms with van der Waals surface area (Å²) in [5.74, 6) is 0.296.